The first kappa shape index (κ1) is 14.6. The van der Waals surface area contributed by atoms with Crippen molar-refractivity contribution in [1.82, 2.24) is 25.2 Å². The largest absolute Gasteiger partial charge is 0.353 e. The second kappa shape index (κ2) is 6.65. The van der Waals surface area contributed by atoms with Gasteiger partial charge < -0.3 is 10.6 Å². The SMILES string of the molecule is O=C(Cc1ccc(-n2cnc(F)c2)nc1)NC1CCNCC1. The Morgan fingerprint density at radius 2 is 2.18 bits per heavy atom. The highest BCUT2D eigenvalue weighted by molar-refractivity contribution is 5.78. The molecule has 1 saturated heterocycles. The number of hydrogen-bond donors (Lipinski definition) is 2. The molecule has 1 fully saturated rings. The molecule has 7 heteroatoms. The van der Waals surface area contributed by atoms with Crippen molar-refractivity contribution in [3.63, 3.8) is 0 Å². The number of carbonyl (C=O) groups is 1. The van der Waals surface area contributed by atoms with Gasteiger partial charge in [-0.1, -0.05) is 6.07 Å². The molecule has 0 atom stereocenters. The second-order valence-corrected chi connectivity index (χ2v) is 5.40. The number of carbonyl (C=O) groups excluding carboxylic acids is 1. The minimum Gasteiger partial charge on any atom is -0.353 e. The zero-order valence-corrected chi connectivity index (χ0v) is 12.1. The molecule has 22 heavy (non-hydrogen) atoms. The van der Waals surface area contributed by atoms with Crippen LogP contribution in [0.15, 0.2) is 30.9 Å². The van der Waals surface area contributed by atoms with Crippen molar-refractivity contribution >= 4 is 5.91 Å². The fourth-order valence-corrected chi connectivity index (χ4v) is 2.53. The molecule has 6 nitrogen and oxygen atoms in total. The molecule has 0 bridgehead atoms. The quantitative estimate of drug-likeness (QED) is 0.877. The molecule has 2 aromatic rings. The number of imidazole rings is 1. The first-order chi connectivity index (χ1) is 10.7. The summed E-state index contributed by atoms with van der Waals surface area (Å²) in [4.78, 5) is 19.8. The molecule has 2 aromatic heterocycles. The van der Waals surface area contributed by atoms with Gasteiger partial charge in [-0.15, -0.1) is 0 Å². The summed E-state index contributed by atoms with van der Waals surface area (Å²) in [6.45, 7) is 1.89. The normalized spacial score (nSPS) is 15.7. The van der Waals surface area contributed by atoms with Crippen LogP contribution in [-0.4, -0.2) is 39.6 Å². The zero-order valence-electron chi connectivity index (χ0n) is 12.1. The smallest absolute Gasteiger partial charge is 0.231 e. The molecule has 0 aliphatic carbocycles. The zero-order chi connectivity index (χ0) is 15.4. The van der Waals surface area contributed by atoms with Gasteiger partial charge in [0.1, 0.15) is 12.1 Å². The van der Waals surface area contributed by atoms with Gasteiger partial charge in [-0.3, -0.25) is 9.36 Å². The number of aromatic nitrogens is 3. The lowest BCUT2D eigenvalue weighted by Crippen LogP contribution is -2.43. The van der Waals surface area contributed by atoms with E-state index in [4.69, 9.17) is 0 Å². The van der Waals surface area contributed by atoms with Crippen LogP contribution in [0.2, 0.25) is 0 Å². The molecule has 0 spiro atoms. The van der Waals surface area contributed by atoms with Gasteiger partial charge in [-0.25, -0.2) is 9.97 Å². The van der Waals surface area contributed by atoms with Crippen LogP contribution >= 0.6 is 0 Å². The number of rotatable bonds is 4. The van der Waals surface area contributed by atoms with E-state index in [0.29, 0.717) is 12.2 Å². The lowest BCUT2D eigenvalue weighted by molar-refractivity contribution is -0.121. The summed E-state index contributed by atoms with van der Waals surface area (Å²) in [6.07, 6.45) is 6.49. The molecule has 2 N–H and O–H groups in total. The number of pyridine rings is 1. The average molecular weight is 303 g/mol. The van der Waals surface area contributed by atoms with Gasteiger partial charge in [0.2, 0.25) is 11.9 Å². The molecule has 1 amide bonds. The lowest BCUT2D eigenvalue weighted by atomic mass is 10.1. The summed E-state index contributed by atoms with van der Waals surface area (Å²) in [5.41, 5.74) is 0.829. The van der Waals surface area contributed by atoms with E-state index in [2.05, 4.69) is 20.6 Å². The van der Waals surface area contributed by atoms with Crippen molar-refractivity contribution in [1.29, 1.82) is 0 Å². The summed E-state index contributed by atoms with van der Waals surface area (Å²) >= 11 is 0. The third kappa shape index (κ3) is 3.67. The minimum absolute atomic E-state index is 0.00938. The number of amides is 1. The maximum absolute atomic E-state index is 12.9. The van der Waals surface area contributed by atoms with E-state index in [1.807, 2.05) is 6.07 Å². The second-order valence-electron chi connectivity index (χ2n) is 5.40. The maximum atomic E-state index is 12.9. The molecule has 116 valence electrons. The predicted octanol–water partition coefficient (Wildman–Crippen LogP) is 0.817. The first-order valence-corrected chi connectivity index (χ1v) is 7.35. The Morgan fingerprint density at radius 3 is 2.82 bits per heavy atom. The van der Waals surface area contributed by atoms with Gasteiger partial charge in [-0.2, -0.15) is 4.39 Å². The molecule has 1 aliphatic rings. The Hall–Kier alpha value is -2.28. The van der Waals surface area contributed by atoms with Crippen molar-refractivity contribution in [2.24, 2.45) is 0 Å². The van der Waals surface area contributed by atoms with Crippen LogP contribution in [0.3, 0.4) is 0 Å². The van der Waals surface area contributed by atoms with E-state index in [-0.39, 0.29) is 11.9 Å². The molecule has 0 radical (unpaired) electrons. The molecule has 1 aliphatic heterocycles. The van der Waals surface area contributed by atoms with Crippen LogP contribution in [0.25, 0.3) is 5.82 Å². The fraction of sp³-hybridized carbons (Fsp3) is 0.400. The van der Waals surface area contributed by atoms with Crippen molar-refractivity contribution in [2.45, 2.75) is 25.3 Å². The minimum atomic E-state index is -0.549. The fourth-order valence-electron chi connectivity index (χ4n) is 2.53. The van der Waals surface area contributed by atoms with Crippen LogP contribution in [0.1, 0.15) is 18.4 Å². The van der Waals surface area contributed by atoms with Gasteiger partial charge in [0.25, 0.3) is 0 Å². The van der Waals surface area contributed by atoms with Gasteiger partial charge in [-0.05, 0) is 37.6 Å². The number of halogens is 1. The summed E-state index contributed by atoms with van der Waals surface area (Å²) in [6, 6.07) is 3.83. The third-order valence-corrected chi connectivity index (χ3v) is 3.69. The van der Waals surface area contributed by atoms with E-state index in [1.54, 1.807) is 12.3 Å². The molecular formula is C15H18FN5O. The van der Waals surface area contributed by atoms with E-state index in [0.717, 1.165) is 31.5 Å². The first-order valence-electron chi connectivity index (χ1n) is 7.35. The molecular weight excluding hydrogens is 285 g/mol. The van der Waals surface area contributed by atoms with Crippen molar-refractivity contribution in [3.8, 4) is 5.82 Å². The Morgan fingerprint density at radius 1 is 1.36 bits per heavy atom. The molecule has 3 heterocycles. The van der Waals surface area contributed by atoms with Gasteiger partial charge in [0.15, 0.2) is 0 Å². The topological polar surface area (TPSA) is 71.8 Å². The van der Waals surface area contributed by atoms with E-state index in [1.165, 1.54) is 17.1 Å². The average Bonchev–Trinajstić information content (AvgIpc) is 2.95. The summed E-state index contributed by atoms with van der Waals surface area (Å²) in [5.74, 6) is 0.0289. The highest BCUT2D eigenvalue weighted by Gasteiger charge is 2.15. The van der Waals surface area contributed by atoms with Crippen LogP contribution in [-0.2, 0) is 11.2 Å². The van der Waals surface area contributed by atoms with E-state index >= 15 is 0 Å². The van der Waals surface area contributed by atoms with Crippen LogP contribution in [0.4, 0.5) is 4.39 Å². The Bertz CT molecular complexity index is 634. The van der Waals surface area contributed by atoms with Crippen LogP contribution in [0.5, 0.6) is 0 Å². The number of nitrogens with one attached hydrogen (secondary N) is 2. The third-order valence-electron chi connectivity index (χ3n) is 3.69. The highest BCUT2D eigenvalue weighted by atomic mass is 19.1. The number of piperidine rings is 1. The number of hydrogen-bond acceptors (Lipinski definition) is 4. The van der Waals surface area contributed by atoms with Gasteiger partial charge in [0.05, 0.1) is 12.6 Å². The van der Waals surface area contributed by atoms with Gasteiger partial charge in [0, 0.05) is 12.2 Å². The highest BCUT2D eigenvalue weighted by Crippen LogP contribution is 2.08. The molecule has 0 aromatic carbocycles. The Labute approximate surface area is 127 Å². The molecule has 0 unspecified atom stereocenters. The van der Waals surface area contributed by atoms with Crippen molar-refractivity contribution in [3.05, 3.63) is 42.4 Å². The summed E-state index contributed by atoms with van der Waals surface area (Å²) in [5, 5.41) is 6.31. The van der Waals surface area contributed by atoms with Crippen molar-refractivity contribution < 1.29 is 9.18 Å². The monoisotopic (exact) mass is 303 g/mol. The molecule has 3 rings (SSSR count). The summed E-state index contributed by atoms with van der Waals surface area (Å²) in [7, 11) is 0. The predicted molar refractivity (Wildman–Crippen MR) is 79.1 cm³/mol. The van der Waals surface area contributed by atoms with Crippen LogP contribution in [0, 0.1) is 5.95 Å². The Kier molecular flexibility index (Phi) is 4.43. The molecule has 0 saturated carbocycles. The van der Waals surface area contributed by atoms with E-state index < -0.39 is 5.95 Å². The summed E-state index contributed by atoms with van der Waals surface area (Å²) < 4.78 is 14.4. The van der Waals surface area contributed by atoms with E-state index in [9.17, 15) is 9.18 Å². The number of nitrogens with zero attached hydrogens (tertiary/aromatic N) is 3. The van der Waals surface area contributed by atoms with Crippen LogP contribution < -0.4 is 10.6 Å². The standard InChI is InChI=1S/C15H18FN5O/c16-13-9-21(10-19-13)14-2-1-11(8-18-14)7-15(22)20-12-3-5-17-6-4-12/h1-2,8-10,12,17H,3-7H2,(H,20,22). The van der Waals surface area contributed by atoms with Gasteiger partial charge >= 0.3 is 0 Å². The van der Waals surface area contributed by atoms with Crippen molar-refractivity contribution in [2.75, 3.05) is 13.1 Å². The Balaban J connectivity index is 1.57. The lowest BCUT2D eigenvalue weighted by Gasteiger charge is -2.23. The maximum Gasteiger partial charge on any atom is 0.231 e.